The zero-order valence-electron chi connectivity index (χ0n) is 28.7. The van der Waals surface area contributed by atoms with E-state index in [1.807, 2.05) is 0 Å². The van der Waals surface area contributed by atoms with Crippen LogP contribution in [0, 0.1) is 0 Å². The zero-order valence-corrected chi connectivity index (χ0v) is 28.7. The monoisotopic (exact) mass is 652 g/mol. The second-order valence-corrected chi connectivity index (χ2v) is 14.2. The molecule has 0 saturated carbocycles. The van der Waals surface area contributed by atoms with Crippen molar-refractivity contribution in [3.05, 3.63) is 193 Å². The fourth-order valence-corrected chi connectivity index (χ4v) is 8.47. The quantitative estimate of drug-likeness (QED) is 0.180. The van der Waals surface area contributed by atoms with E-state index in [1.165, 1.54) is 66.0 Å². The van der Waals surface area contributed by atoms with Gasteiger partial charge in [0.15, 0.2) is 0 Å². The summed E-state index contributed by atoms with van der Waals surface area (Å²) in [5, 5.41) is 4.92. The van der Waals surface area contributed by atoms with Gasteiger partial charge < -0.3 is 9.47 Å². The number of hydrogen-bond acceptors (Lipinski definition) is 1. The van der Waals surface area contributed by atoms with Crippen LogP contribution in [0.1, 0.15) is 25.0 Å². The maximum atomic E-state index is 2.49. The van der Waals surface area contributed by atoms with Gasteiger partial charge in [0.05, 0.1) is 16.7 Å². The topological polar surface area (TPSA) is 8.17 Å². The molecule has 1 aliphatic carbocycles. The third-order valence-corrected chi connectivity index (χ3v) is 10.9. The first-order valence-corrected chi connectivity index (χ1v) is 17.8. The van der Waals surface area contributed by atoms with Gasteiger partial charge in [-0.05, 0) is 93.2 Å². The molecule has 2 heteroatoms. The summed E-state index contributed by atoms with van der Waals surface area (Å²) in [6, 6.07) is 66.8. The fraction of sp³-hybridized carbons (Fsp3) is 0.0612. The van der Waals surface area contributed by atoms with E-state index in [2.05, 4.69) is 205 Å². The van der Waals surface area contributed by atoms with Crippen molar-refractivity contribution in [1.82, 2.24) is 4.57 Å². The van der Waals surface area contributed by atoms with Crippen LogP contribution in [-0.4, -0.2) is 4.57 Å². The van der Waals surface area contributed by atoms with Crippen LogP contribution < -0.4 is 4.90 Å². The van der Waals surface area contributed by atoms with E-state index in [4.69, 9.17) is 0 Å². The number of hydrogen-bond donors (Lipinski definition) is 0. The highest BCUT2D eigenvalue weighted by Gasteiger charge is 2.36. The molecule has 242 valence electrons. The third-order valence-electron chi connectivity index (χ3n) is 10.9. The molecule has 51 heavy (non-hydrogen) atoms. The Morgan fingerprint density at radius 1 is 0.431 bits per heavy atom. The van der Waals surface area contributed by atoms with Crippen LogP contribution in [0.2, 0.25) is 0 Å². The maximum Gasteiger partial charge on any atom is 0.0548 e. The van der Waals surface area contributed by atoms with Crippen molar-refractivity contribution in [3.63, 3.8) is 0 Å². The van der Waals surface area contributed by atoms with Crippen LogP contribution in [0.25, 0.3) is 60.5 Å². The van der Waals surface area contributed by atoms with Gasteiger partial charge in [-0.15, -0.1) is 0 Å². The molecule has 0 fully saturated rings. The number of aromatic nitrogens is 1. The number of rotatable bonds is 5. The summed E-state index contributed by atoms with van der Waals surface area (Å²) in [7, 11) is 0. The number of fused-ring (bicyclic) bond motifs is 7. The van der Waals surface area contributed by atoms with Gasteiger partial charge in [-0.25, -0.2) is 0 Å². The summed E-state index contributed by atoms with van der Waals surface area (Å²) < 4.78 is 2.41. The summed E-state index contributed by atoms with van der Waals surface area (Å²) in [5.74, 6) is 0. The Kier molecular flexibility index (Phi) is 6.56. The highest BCUT2D eigenvalue weighted by atomic mass is 15.1. The maximum absolute atomic E-state index is 2.49. The van der Waals surface area contributed by atoms with Gasteiger partial charge in [0.25, 0.3) is 0 Å². The van der Waals surface area contributed by atoms with Crippen molar-refractivity contribution < 1.29 is 0 Å². The lowest BCUT2D eigenvalue weighted by molar-refractivity contribution is 0.660. The molecule has 0 bridgehead atoms. The molecular formula is C49H36N2. The number of nitrogens with zero attached hydrogens (tertiary/aromatic N) is 2. The lowest BCUT2D eigenvalue weighted by Gasteiger charge is -2.30. The Bertz CT molecular complexity index is 2770. The van der Waals surface area contributed by atoms with Crippen LogP contribution in [0.15, 0.2) is 182 Å². The Labute approximate surface area is 298 Å². The predicted octanol–water partition coefficient (Wildman–Crippen LogP) is 13.4. The molecule has 0 atom stereocenters. The van der Waals surface area contributed by atoms with E-state index in [0.29, 0.717) is 0 Å². The molecule has 1 aliphatic rings. The average Bonchev–Trinajstić information content (AvgIpc) is 3.63. The highest BCUT2D eigenvalue weighted by molar-refractivity contribution is 6.13. The fourth-order valence-electron chi connectivity index (χ4n) is 8.47. The molecular weight excluding hydrogens is 617 g/mol. The number of anilines is 3. The van der Waals surface area contributed by atoms with Gasteiger partial charge in [-0.3, -0.25) is 0 Å². The van der Waals surface area contributed by atoms with Gasteiger partial charge in [0, 0.05) is 38.8 Å². The Morgan fingerprint density at radius 3 is 1.92 bits per heavy atom. The molecule has 8 aromatic carbocycles. The van der Waals surface area contributed by atoms with E-state index in [9.17, 15) is 0 Å². The first kappa shape index (κ1) is 29.5. The minimum absolute atomic E-state index is 0.119. The van der Waals surface area contributed by atoms with E-state index in [0.717, 1.165) is 22.7 Å². The molecule has 0 amide bonds. The number of benzene rings is 8. The van der Waals surface area contributed by atoms with Crippen molar-refractivity contribution >= 4 is 49.6 Å². The van der Waals surface area contributed by atoms with Gasteiger partial charge in [-0.2, -0.15) is 0 Å². The second-order valence-electron chi connectivity index (χ2n) is 14.2. The summed E-state index contributed by atoms with van der Waals surface area (Å²) in [4.78, 5) is 2.49. The van der Waals surface area contributed by atoms with Crippen molar-refractivity contribution in [3.8, 4) is 27.9 Å². The van der Waals surface area contributed by atoms with Crippen LogP contribution in [0.3, 0.4) is 0 Å². The number of para-hydroxylation sites is 2. The summed E-state index contributed by atoms with van der Waals surface area (Å²) >= 11 is 0. The van der Waals surface area contributed by atoms with Crippen molar-refractivity contribution in [2.45, 2.75) is 19.3 Å². The average molecular weight is 653 g/mol. The Hall–Kier alpha value is -6.38. The van der Waals surface area contributed by atoms with Gasteiger partial charge in [-0.1, -0.05) is 141 Å². The van der Waals surface area contributed by atoms with E-state index < -0.39 is 0 Å². The largest absolute Gasteiger partial charge is 0.310 e. The normalized spacial score (nSPS) is 13.1. The molecule has 10 rings (SSSR count). The molecule has 2 nitrogen and oxygen atoms in total. The Balaban J connectivity index is 1.30. The molecule has 1 aromatic heterocycles. The second kappa shape index (κ2) is 11.3. The molecule has 0 unspecified atom stereocenters. The van der Waals surface area contributed by atoms with Crippen LogP contribution >= 0.6 is 0 Å². The Morgan fingerprint density at radius 2 is 1.08 bits per heavy atom. The van der Waals surface area contributed by atoms with Crippen molar-refractivity contribution in [2.75, 3.05) is 4.90 Å². The first-order chi connectivity index (χ1) is 25.1. The summed E-state index contributed by atoms with van der Waals surface area (Å²) in [6.07, 6.45) is 0. The van der Waals surface area contributed by atoms with Gasteiger partial charge in [0.2, 0.25) is 0 Å². The standard InChI is InChI=1S/C49H36N2/c1-49(2)44-23-13-11-21-39(44)40-28-27-38(30-45(40)49)50(37-26-25-33-15-9-10-18-35(33)29-37)47-32-43-41-22-12-14-24-46(41)51(36-19-7-4-8-20-36)48(43)31-42(47)34-16-5-3-6-17-34/h3-32H,1-2H3. The highest BCUT2D eigenvalue weighted by Crippen LogP contribution is 2.52. The van der Waals surface area contributed by atoms with Crippen LogP contribution in [0.5, 0.6) is 0 Å². The van der Waals surface area contributed by atoms with Crippen molar-refractivity contribution in [2.24, 2.45) is 0 Å². The van der Waals surface area contributed by atoms with Crippen LogP contribution in [0.4, 0.5) is 17.1 Å². The summed E-state index contributed by atoms with van der Waals surface area (Å²) in [5.41, 5.74) is 14.6. The van der Waals surface area contributed by atoms with Gasteiger partial charge in [0.1, 0.15) is 0 Å². The molecule has 1 heterocycles. The molecule has 0 aliphatic heterocycles. The minimum Gasteiger partial charge on any atom is -0.310 e. The zero-order chi connectivity index (χ0) is 34.1. The van der Waals surface area contributed by atoms with Crippen molar-refractivity contribution in [1.29, 1.82) is 0 Å². The molecule has 0 radical (unpaired) electrons. The SMILES string of the molecule is CC1(C)c2ccccc2-c2ccc(N(c3ccc4ccccc4c3)c3cc4c5ccccc5n(-c5ccccc5)c4cc3-c3ccccc3)cc21. The molecule has 9 aromatic rings. The summed E-state index contributed by atoms with van der Waals surface area (Å²) in [6.45, 7) is 4.73. The molecule has 0 spiro atoms. The van der Waals surface area contributed by atoms with Gasteiger partial charge >= 0.3 is 0 Å². The van der Waals surface area contributed by atoms with Crippen LogP contribution in [-0.2, 0) is 5.41 Å². The lowest BCUT2D eigenvalue weighted by atomic mass is 9.82. The lowest BCUT2D eigenvalue weighted by Crippen LogP contribution is -2.17. The van der Waals surface area contributed by atoms with E-state index >= 15 is 0 Å². The van der Waals surface area contributed by atoms with E-state index in [-0.39, 0.29) is 5.41 Å². The van der Waals surface area contributed by atoms with E-state index in [1.54, 1.807) is 0 Å². The third kappa shape index (κ3) is 4.57. The predicted molar refractivity (Wildman–Crippen MR) is 216 cm³/mol. The minimum atomic E-state index is -0.119. The molecule has 0 saturated heterocycles. The first-order valence-electron chi connectivity index (χ1n) is 17.8. The molecule has 0 N–H and O–H groups in total. The smallest absolute Gasteiger partial charge is 0.0548 e.